The molecule has 0 saturated heterocycles. The van der Waals surface area contributed by atoms with Crippen molar-refractivity contribution in [1.29, 1.82) is 0 Å². The van der Waals surface area contributed by atoms with Crippen molar-refractivity contribution in [2.24, 2.45) is 0 Å². The molecule has 5 heteroatoms. The van der Waals surface area contributed by atoms with E-state index < -0.39 is 17.7 Å². The first-order valence-electron chi connectivity index (χ1n) is 4.23. The monoisotopic (exact) mass is 232 g/mol. The highest BCUT2D eigenvalue weighted by atomic mass is 35.5. The van der Waals surface area contributed by atoms with Crippen molar-refractivity contribution in [3.63, 3.8) is 0 Å². The lowest BCUT2D eigenvalue weighted by Gasteiger charge is -2.11. The van der Waals surface area contributed by atoms with E-state index in [1.165, 1.54) is 26.2 Å². The summed E-state index contributed by atoms with van der Waals surface area (Å²) in [6.07, 6.45) is 0. The molecule has 3 nitrogen and oxygen atoms in total. The van der Waals surface area contributed by atoms with Crippen molar-refractivity contribution in [3.8, 4) is 5.75 Å². The summed E-state index contributed by atoms with van der Waals surface area (Å²) in [5.74, 6) is -2.59. The summed E-state index contributed by atoms with van der Waals surface area (Å²) in [6, 6.07) is 2.80. The molecular formula is C10H10ClFO3. The van der Waals surface area contributed by atoms with Gasteiger partial charge in [0.25, 0.3) is 0 Å². The van der Waals surface area contributed by atoms with Crippen LogP contribution in [0.25, 0.3) is 0 Å². The fraction of sp³-hybridized carbons (Fsp3) is 0.300. The molecule has 1 unspecified atom stereocenters. The van der Waals surface area contributed by atoms with Gasteiger partial charge in [-0.3, -0.25) is 4.79 Å². The highest BCUT2D eigenvalue weighted by Crippen LogP contribution is 2.32. The third-order valence-corrected chi connectivity index (χ3v) is 2.49. The Hall–Kier alpha value is -1.29. The van der Waals surface area contributed by atoms with Crippen LogP contribution in [0.4, 0.5) is 4.39 Å². The van der Waals surface area contributed by atoms with Crippen LogP contribution >= 0.6 is 11.6 Å². The predicted molar refractivity (Wildman–Crippen MR) is 54.0 cm³/mol. The summed E-state index contributed by atoms with van der Waals surface area (Å²) >= 11 is 5.65. The number of carboxylic acid groups (broad SMARTS) is 1. The second-order valence-corrected chi connectivity index (χ2v) is 3.42. The maximum Gasteiger partial charge on any atom is 0.310 e. The zero-order valence-corrected chi connectivity index (χ0v) is 9.01. The third-order valence-electron chi connectivity index (χ3n) is 2.13. The minimum absolute atomic E-state index is 0.0494. The van der Waals surface area contributed by atoms with Crippen LogP contribution in [0, 0.1) is 5.82 Å². The van der Waals surface area contributed by atoms with E-state index >= 15 is 0 Å². The fourth-order valence-electron chi connectivity index (χ4n) is 1.17. The maximum atomic E-state index is 13.6. The topological polar surface area (TPSA) is 46.5 Å². The Morgan fingerprint density at radius 2 is 2.20 bits per heavy atom. The molecule has 1 rings (SSSR count). The van der Waals surface area contributed by atoms with E-state index in [0.717, 1.165) is 0 Å². The first-order valence-corrected chi connectivity index (χ1v) is 4.61. The van der Waals surface area contributed by atoms with E-state index in [2.05, 4.69) is 0 Å². The van der Waals surface area contributed by atoms with Gasteiger partial charge in [-0.15, -0.1) is 0 Å². The minimum atomic E-state index is -1.10. The Labute approximate surface area is 91.4 Å². The molecule has 1 aromatic carbocycles. The number of benzene rings is 1. The summed E-state index contributed by atoms with van der Waals surface area (Å²) in [5, 5.41) is 8.54. The van der Waals surface area contributed by atoms with Crippen LogP contribution in [0.5, 0.6) is 5.75 Å². The van der Waals surface area contributed by atoms with E-state index in [0.29, 0.717) is 0 Å². The lowest BCUT2D eigenvalue weighted by Crippen LogP contribution is -2.09. The normalized spacial score (nSPS) is 12.3. The fourth-order valence-corrected chi connectivity index (χ4v) is 1.42. The number of aliphatic carboxylic acids is 1. The summed E-state index contributed by atoms with van der Waals surface area (Å²) in [4.78, 5) is 10.7. The summed E-state index contributed by atoms with van der Waals surface area (Å²) in [5.41, 5.74) is 0.0494. The molecule has 0 radical (unpaired) electrons. The number of hydrogen-bond donors (Lipinski definition) is 1. The lowest BCUT2D eigenvalue weighted by atomic mass is 10.0. The van der Waals surface area contributed by atoms with E-state index in [4.69, 9.17) is 21.4 Å². The number of rotatable bonds is 3. The minimum Gasteiger partial charge on any atom is -0.495 e. The Kier molecular flexibility index (Phi) is 3.52. The van der Waals surface area contributed by atoms with Gasteiger partial charge in [-0.25, -0.2) is 4.39 Å². The van der Waals surface area contributed by atoms with Gasteiger partial charge < -0.3 is 9.84 Å². The SMILES string of the molecule is COc1ccc(C(C)C(=O)O)c(F)c1Cl. The van der Waals surface area contributed by atoms with Gasteiger partial charge in [0.05, 0.1) is 13.0 Å². The van der Waals surface area contributed by atoms with Crippen molar-refractivity contribution in [3.05, 3.63) is 28.5 Å². The number of methoxy groups -OCH3 is 1. The maximum absolute atomic E-state index is 13.6. The number of carboxylic acids is 1. The standard InChI is InChI=1S/C10H10ClFO3/c1-5(10(13)14)6-3-4-7(15-2)8(11)9(6)12/h3-5H,1-2H3,(H,13,14). The van der Waals surface area contributed by atoms with Gasteiger partial charge in [0.2, 0.25) is 0 Å². The highest BCUT2D eigenvalue weighted by molar-refractivity contribution is 6.32. The molecule has 1 aromatic rings. The Bertz CT molecular complexity index is 392. The van der Waals surface area contributed by atoms with Gasteiger partial charge in [-0.1, -0.05) is 17.7 Å². The number of ether oxygens (including phenoxy) is 1. The van der Waals surface area contributed by atoms with Crippen LogP contribution in [0.1, 0.15) is 18.4 Å². The molecule has 0 aliphatic rings. The molecule has 0 saturated carbocycles. The molecule has 1 atom stereocenters. The molecule has 0 spiro atoms. The predicted octanol–water partition coefficient (Wildman–Crippen LogP) is 2.68. The molecule has 0 bridgehead atoms. The smallest absolute Gasteiger partial charge is 0.310 e. The molecule has 82 valence electrons. The second-order valence-electron chi connectivity index (χ2n) is 3.04. The molecule has 1 N–H and O–H groups in total. The molecule has 15 heavy (non-hydrogen) atoms. The van der Waals surface area contributed by atoms with Gasteiger partial charge in [0.15, 0.2) is 0 Å². The van der Waals surface area contributed by atoms with Crippen molar-refractivity contribution in [1.82, 2.24) is 0 Å². The molecule has 0 fully saturated rings. The zero-order chi connectivity index (χ0) is 11.6. The largest absolute Gasteiger partial charge is 0.495 e. The van der Waals surface area contributed by atoms with Gasteiger partial charge in [0, 0.05) is 5.56 Å². The van der Waals surface area contributed by atoms with Crippen LogP contribution < -0.4 is 4.74 Å². The first-order chi connectivity index (χ1) is 6.99. The number of hydrogen-bond acceptors (Lipinski definition) is 2. The summed E-state index contributed by atoms with van der Waals surface area (Å²) < 4.78 is 18.4. The Balaban J connectivity index is 3.23. The van der Waals surface area contributed by atoms with Gasteiger partial charge in [-0.2, -0.15) is 0 Å². The van der Waals surface area contributed by atoms with E-state index in [1.54, 1.807) is 0 Å². The first kappa shape index (κ1) is 11.8. The number of carbonyl (C=O) groups is 1. The van der Waals surface area contributed by atoms with Crippen LogP contribution in [-0.4, -0.2) is 18.2 Å². The van der Waals surface area contributed by atoms with E-state index in [-0.39, 0.29) is 16.3 Å². The Morgan fingerprint density at radius 1 is 1.60 bits per heavy atom. The van der Waals surface area contributed by atoms with Crippen molar-refractivity contribution in [2.75, 3.05) is 7.11 Å². The Morgan fingerprint density at radius 3 is 2.67 bits per heavy atom. The van der Waals surface area contributed by atoms with Gasteiger partial charge >= 0.3 is 5.97 Å². The molecule has 0 aliphatic carbocycles. The lowest BCUT2D eigenvalue weighted by molar-refractivity contribution is -0.138. The van der Waals surface area contributed by atoms with Crippen LogP contribution in [0.2, 0.25) is 5.02 Å². The second kappa shape index (κ2) is 4.49. The van der Waals surface area contributed by atoms with E-state index in [1.807, 2.05) is 0 Å². The van der Waals surface area contributed by atoms with Crippen LogP contribution in [0.15, 0.2) is 12.1 Å². The average Bonchev–Trinajstić information content (AvgIpc) is 2.21. The quantitative estimate of drug-likeness (QED) is 0.872. The zero-order valence-electron chi connectivity index (χ0n) is 8.25. The molecule has 0 amide bonds. The molecule has 0 aliphatic heterocycles. The van der Waals surface area contributed by atoms with E-state index in [9.17, 15) is 9.18 Å². The molecular weight excluding hydrogens is 223 g/mol. The third kappa shape index (κ3) is 2.21. The van der Waals surface area contributed by atoms with Crippen molar-refractivity contribution in [2.45, 2.75) is 12.8 Å². The highest BCUT2D eigenvalue weighted by Gasteiger charge is 2.21. The van der Waals surface area contributed by atoms with Crippen molar-refractivity contribution >= 4 is 17.6 Å². The molecule has 0 aromatic heterocycles. The van der Waals surface area contributed by atoms with Crippen LogP contribution in [0.3, 0.4) is 0 Å². The van der Waals surface area contributed by atoms with Crippen molar-refractivity contribution < 1.29 is 19.0 Å². The summed E-state index contributed by atoms with van der Waals surface area (Å²) in [7, 11) is 1.36. The van der Waals surface area contributed by atoms with Crippen LogP contribution in [-0.2, 0) is 4.79 Å². The van der Waals surface area contributed by atoms with Gasteiger partial charge in [0.1, 0.15) is 16.6 Å². The van der Waals surface area contributed by atoms with Gasteiger partial charge in [-0.05, 0) is 13.0 Å². The molecule has 0 heterocycles. The summed E-state index contributed by atoms with van der Waals surface area (Å²) in [6.45, 7) is 1.39. The average molecular weight is 233 g/mol. The number of halogens is 2.